The number of allylic oxidation sites excluding steroid dienone is 8. The summed E-state index contributed by atoms with van der Waals surface area (Å²) in [6.45, 7) is 12.0. The molecule has 4 rings (SSSR count). The number of phenols is 8. The number of aromatic hydroxyl groups is 8. The highest BCUT2D eigenvalue weighted by atomic mass is 16.3. The van der Waals surface area contributed by atoms with Crippen molar-refractivity contribution in [3.05, 3.63) is 129 Å². The van der Waals surface area contributed by atoms with Crippen molar-refractivity contribution in [3.8, 4) is 57.1 Å². The fraction of sp³-hybridized carbons (Fsp3) is 0.320. The lowest BCUT2D eigenvalue weighted by atomic mass is 9.85. The van der Waals surface area contributed by atoms with Gasteiger partial charge in [-0.2, -0.15) is 0 Å². The summed E-state index contributed by atoms with van der Waals surface area (Å²) in [5.74, 6) is -3.90. The second-order valence-corrected chi connectivity index (χ2v) is 15.9. The van der Waals surface area contributed by atoms with Crippen molar-refractivity contribution in [1.82, 2.24) is 0 Å². The van der Waals surface area contributed by atoms with Crippen LogP contribution in [0.4, 0.5) is 0 Å². The first-order chi connectivity index (χ1) is 28.4. The highest BCUT2D eigenvalue weighted by Crippen LogP contribution is 2.47. The molecule has 0 aliphatic heterocycles. The van der Waals surface area contributed by atoms with E-state index in [4.69, 9.17) is 0 Å². The third kappa shape index (κ3) is 12.3. The molecule has 0 aliphatic carbocycles. The molecule has 10 heteroatoms. The van der Waals surface area contributed by atoms with Gasteiger partial charge in [0.15, 0.2) is 34.6 Å². The molecule has 0 radical (unpaired) electrons. The largest absolute Gasteiger partial charge is 0.508 e. The molecule has 0 heterocycles. The van der Waals surface area contributed by atoms with Gasteiger partial charge in [0.1, 0.15) is 23.0 Å². The average Bonchev–Trinajstić information content (AvgIpc) is 3.17. The second-order valence-electron chi connectivity index (χ2n) is 15.9. The summed E-state index contributed by atoms with van der Waals surface area (Å²) in [6.07, 6.45) is 11.4. The lowest BCUT2D eigenvalue weighted by Gasteiger charge is -2.21. The Morgan fingerprint density at radius 3 is 1.43 bits per heavy atom. The fourth-order valence-corrected chi connectivity index (χ4v) is 7.11. The molecule has 8 N–H and O–H groups in total. The molecule has 0 bridgehead atoms. The summed E-state index contributed by atoms with van der Waals surface area (Å²) >= 11 is 0. The Bertz CT molecular complexity index is 2350. The first-order valence-electron chi connectivity index (χ1n) is 20.2. The van der Waals surface area contributed by atoms with E-state index in [1.54, 1.807) is 6.07 Å². The van der Waals surface area contributed by atoms with E-state index in [9.17, 15) is 50.4 Å². The number of benzene rings is 4. The van der Waals surface area contributed by atoms with E-state index in [0.717, 1.165) is 49.0 Å². The molecule has 0 unspecified atom stereocenters. The van der Waals surface area contributed by atoms with Crippen molar-refractivity contribution < 1.29 is 50.4 Å². The smallest absolute Gasteiger partial charge is 0.166 e. The van der Waals surface area contributed by atoms with Gasteiger partial charge >= 0.3 is 0 Å². The molecule has 60 heavy (non-hydrogen) atoms. The fourth-order valence-electron chi connectivity index (χ4n) is 7.11. The van der Waals surface area contributed by atoms with Crippen LogP contribution >= 0.6 is 0 Å². The molecule has 318 valence electrons. The number of hydrogen-bond donors (Lipinski definition) is 8. The minimum absolute atomic E-state index is 0.0107. The Hall–Kier alpha value is -6.42. The molecule has 4 aromatic rings. The van der Waals surface area contributed by atoms with Crippen LogP contribution < -0.4 is 0 Å². The highest BCUT2D eigenvalue weighted by molar-refractivity contribution is 5.99. The number of hydrogen-bond acceptors (Lipinski definition) is 10. The summed E-state index contributed by atoms with van der Waals surface area (Å²) < 4.78 is 0. The van der Waals surface area contributed by atoms with Crippen molar-refractivity contribution in [2.75, 3.05) is 0 Å². The predicted molar refractivity (Wildman–Crippen MR) is 236 cm³/mol. The maximum atomic E-state index is 13.5. The topological polar surface area (TPSA) is 196 Å². The van der Waals surface area contributed by atoms with Crippen LogP contribution in [0.3, 0.4) is 0 Å². The number of aryl methyl sites for hydroxylation is 1. The summed E-state index contributed by atoms with van der Waals surface area (Å²) in [4.78, 5) is 26.9. The first-order valence-corrected chi connectivity index (χ1v) is 20.2. The average molecular weight is 819 g/mol. The zero-order valence-electron chi connectivity index (χ0n) is 35.4. The predicted octanol–water partition coefficient (Wildman–Crippen LogP) is 11.1. The van der Waals surface area contributed by atoms with Crippen molar-refractivity contribution >= 4 is 11.6 Å². The highest BCUT2D eigenvalue weighted by Gasteiger charge is 2.25. The molecule has 0 amide bonds. The van der Waals surface area contributed by atoms with Crippen LogP contribution in [0, 0.1) is 0 Å². The van der Waals surface area contributed by atoms with E-state index in [1.165, 1.54) is 41.5 Å². The Morgan fingerprint density at radius 2 is 0.950 bits per heavy atom. The van der Waals surface area contributed by atoms with Gasteiger partial charge < -0.3 is 40.9 Å². The summed E-state index contributed by atoms with van der Waals surface area (Å²) in [5.41, 5.74) is 6.34. The Balaban J connectivity index is 1.89. The molecule has 0 spiro atoms. The maximum Gasteiger partial charge on any atom is 0.166 e. The quantitative estimate of drug-likeness (QED) is 0.0256. The Labute approximate surface area is 352 Å². The molecular formula is C50H58O10. The van der Waals surface area contributed by atoms with Crippen molar-refractivity contribution in [2.45, 2.75) is 106 Å². The maximum absolute atomic E-state index is 13.5. The monoisotopic (exact) mass is 818 g/mol. The number of phenolic OH excluding ortho intramolecular Hbond substituents is 8. The number of carbonyl (C=O) groups is 2. The zero-order valence-corrected chi connectivity index (χ0v) is 35.4. The molecule has 0 saturated carbocycles. The third-order valence-corrected chi connectivity index (χ3v) is 10.5. The van der Waals surface area contributed by atoms with Gasteiger partial charge in [-0.15, -0.1) is 0 Å². The van der Waals surface area contributed by atoms with Crippen LogP contribution in [-0.2, 0) is 25.7 Å². The van der Waals surface area contributed by atoms with Gasteiger partial charge in [0.05, 0.1) is 11.1 Å². The molecule has 0 aromatic heterocycles. The molecule has 0 atom stereocenters. The minimum Gasteiger partial charge on any atom is -0.508 e. The Morgan fingerprint density at radius 1 is 0.467 bits per heavy atom. The van der Waals surface area contributed by atoms with E-state index in [-0.39, 0.29) is 78.0 Å². The van der Waals surface area contributed by atoms with Crippen LogP contribution in [0.1, 0.15) is 123 Å². The third-order valence-electron chi connectivity index (χ3n) is 10.5. The van der Waals surface area contributed by atoms with E-state index < -0.39 is 40.3 Å². The van der Waals surface area contributed by atoms with Gasteiger partial charge in [0, 0.05) is 41.7 Å². The van der Waals surface area contributed by atoms with Crippen molar-refractivity contribution in [2.24, 2.45) is 0 Å². The molecule has 4 aromatic carbocycles. The molecule has 10 nitrogen and oxygen atoms in total. The Kier molecular flexibility index (Phi) is 16.2. The zero-order chi connectivity index (χ0) is 44.3. The number of carbonyl (C=O) groups excluding carboxylic acids is 2. The SMILES string of the molecule is CC(C)=CCC/C(C)=C\Cc1c(CCC(=O)c2ccc(O)cc2O)cc(-c2cc(O)c(O)c(C/C=C(/C)CCC=C(C)C)c2CCC(=O)c2ccc(O)cc2O)c(O)c1O. The molecule has 0 fully saturated rings. The van der Waals surface area contributed by atoms with E-state index in [1.807, 2.05) is 53.7 Å². The van der Waals surface area contributed by atoms with Crippen LogP contribution in [0.25, 0.3) is 11.1 Å². The van der Waals surface area contributed by atoms with Crippen molar-refractivity contribution in [1.29, 1.82) is 0 Å². The van der Waals surface area contributed by atoms with Crippen LogP contribution in [0.5, 0.6) is 46.0 Å². The molecule has 0 aliphatic rings. The number of ketones is 2. The lowest BCUT2D eigenvalue weighted by molar-refractivity contribution is 0.0971. The summed E-state index contributed by atoms with van der Waals surface area (Å²) in [6, 6.07) is 10.3. The summed E-state index contributed by atoms with van der Waals surface area (Å²) in [5, 5.41) is 86.6. The van der Waals surface area contributed by atoms with Crippen LogP contribution in [0.2, 0.25) is 0 Å². The van der Waals surface area contributed by atoms with Gasteiger partial charge in [-0.1, -0.05) is 46.6 Å². The van der Waals surface area contributed by atoms with Crippen LogP contribution in [0.15, 0.2) is 95.1 Å². The van der Waals surface area contributed by atoms with Gasteiger partial charge in [0.25, 0.3) is 0 Å². The first kappa shape index (κ1) is 46.3. The molecule has 0 saturated heterocycles. The standard InChI is InChI=1S/C50H58O10/c1-29(2)9-7-11-31(5)13-18-36-33(15-23-43(53)39-20-16-34(51)26-45(39)55)25-42(50(60)49(36)59)41-28-47(57)48(58)38(19-14-32(6)12-8-10-30(3)4)37(41)22-24-44(54)40-21-17-35(52)27-46(40)56/h9-10,13-14,16-17,20-21,25-28,51-52,55-60H,7-8,11-12,15,18-19,22-24H2,1-6H3/b31-13-,32-14-. The van der Waals surface area contributed by atoms with Gasteiger partial charge in [0.2, 0.25) is 0 Å². The normalized spacial score (nSPS) is 11.7. The van der Waals surface area contributed by atoms with E-state index in [0.29, 0.717) is 22.3 Å². The van der Waals surface area contributed by atoms with E-state index >= 15 is 0 Å². The minimum atomic E-state index is -0.500. The number of Topliss-reactive ketones (excluding diaryl/α,β-unsaturated/α-hetero) is 2. The second kappa shape index (κ2) is 21.0. The number of rotatable bonds is 19. The van der Waals surface area contributed by atoms with Gasteiger partial charge in [-0.3, -0.25) is 9.59 Å². The van der Waals surface area contributed by atoms with Gasteiger partial charge in [-0.25, -0.2) is 0 Å². The van der Waals surface area contributed by atoms with E-state index in [2.05, 4.69) is 12.2 Å². The van der Waals surface area contributed by atoms with Crippen molar-refractivity contribution in [3.63, 3.8) is 0 Å². The van der Waals surface area contributed by atoms with Crippen LogP contribution in [-0.4, -0.2) is 52.4 Å². The van der Waals surface area contributed by atoms with Gasteiger partial charge in [-0.05, 0) is 146 Å². The molecular weight excluding hydrogens is 761 g/mol. The lowest BCUT2D eigenvalue weighted by Crippen LogP contribution is -2.07. The summed E-state index contributed by atoms with van der Waals surface area (Å²) in [7, 11) is 0.